The monoisotopic (exact) mass is 315 g/mol. The van der Waals surface area contributed by atoms with Crippen molar-refractivity contribution in [3.63, 3.8) is 0 Å². The molecule has 0 saturated heterocycles. The molecule has 0 spiro atoms. The molecule has 2 heteroatoms. The number of hydrogen-bond donors (Lipinski definition) is 1. The van der Waals surface area contributed by atoms with E-state index in [1.165, 1.54) is 103 Å². The van der Waals surface area contributed by atoms with Crippen LogP contribution >= 0.6 is 11.6 Å². The van der Waals surface area contributed by atoms with E-state index in [9.17, 15) is 0 Å². The third-order valence-corrected chi connectivity index (χ3v) is 5.26. The Kier molecular flexibility index (Phi) is 12.8. The van der Waals surface area contributed by atoms with Gasteiger partial charge in [0.2, 0.25) is 0 Å². The van der Waals surface area contributed by atoms with Gasteiger partial charge in [0.15, 0.2) is 0 Å². The van der Waals surface area contributed by atoms with Crippen LogP contribution in [0.15, 0.2) is 0 Å². The van der Waals surface area contributed by atoms with Crippen LogP contribution in [0.3, 0.4) is 0 Å². The molecular weight excluding hydrogens is 278 g/mol. The first-order valence-electron chi connectivity index (χ1n) is 9.67. The summed E-state index contributed by atoms with van der Waals surface area (Å²) >= 11 is 6.23. The molecule has 0 radical (unpaired) electrons. The number of rotatable bonds is 13. The fraction of sp³-hybridized carbons (Fsp3) is 1.00. The summed E-state index contributed by atoms with van der Waals surface area (Å²) in [6.45, 7) is 4.69. The molecule has 0 amide bonds. The van der Waals surface area contributed by atoms with E-state index in [0.29, 0.717) is 5.38 Å². The molecule has 0 bridgehead atoms. The third kappa shape index (κ3) is 11.5. The molecule has 1 saturated carbocycles. The van der Waals surface area contributed by atoms with E-state index in [0.717, 1.165) is 5.92 Å². The highest BCUT2D eigenvalue weighted by molar-refractivity contribution is 6.20. The fourth-order valence-electron chi connectivity index (χ4n) is 3.45. The Hall–Kier alpha value is 0.250. The first-order chi connectivity index (χ1) is 10.3. The SMILES string of the molecule is CCCCCCCCCCCCNCC1CCCC(Cl)C1. The van der Waals surface area contributed by atoms with Crippen LogP contribution in [0.5, 0.6) is 0 Å². The third-order valence-electron chi connectivity index (χ3n) is 4.86. The Morgan fingerprint density at radius 2 is 1.48 bits per heavy atom. The summed E-state index contributed by atoms with van der Waals surface area (Å²) in [4.78, 5) is 0. The first-order valence-corrected chi connectivity index (χ1v) is 10.1. The molecule has 1 rings (SSSR count). The standard InChI is InChI=1S/C19H38ClN/c1-2-3-4-5-6-7-8-9-10-11-15-21-17-18-13-12-14-19(20)16-18/h18-19,21H,2-17H2,1H3. The highest BCUT2D eigenvalue weighted by Crippen LogP contribution is 2.27. The lowest BCUT2D eigenvalue weighted by molar-refractivity contribution is 0.345. The van der Waals surface area contributed by atoms with Gasteiger partial charge in [-0.05, 0) is 44.7 Å². The minimum atomic E-state index is 0.447. The molecule has 1 aliphatic carbocycles. The lowest BCUT2D eigenvalue weighted by Gasteiger charge is -2.25. The highest BCUT2D eigenvalue weighted by Gasteiger charge is 2.19. The van der Waals surface area contributed by atoms with E-state index in [1.807, 2.05) is 0 Å². The summed E-state index contributed by atoms with van der Waals surface area (Å²) < 4.78 is 0. The van der Waals surface area contributed by atoms with Gasteiger partial charge in [0.1, 0.15) is 0 Å². The molecule has 2 unspecified atom stereocenters. The Bertz CT molecular complexity index is 220. The van der Waals surface area contributed by atoms with Crippen molar-refractivity contribution >= 4 is 11.6 Å². The van der Waals surface area contributed by atoms with Gasteiger partial charge in [0.25, 0.3) is 0 Å². The van der Waals surface area contributed by atoms with Crippen LogP contribution in [0.2, 0.25) is 0 Å². The Morgan fingerprint density at radius 1 is 0.857 bits per heavy atom. The van der Waals surface area contributed by atoms with E-state index < -0.39 is 0 Å². The van der Waals surface area contributed by atoms with Gasteiger partial charge in [0, 0.05) is 5.38 Å². The van der Waals surface area contributed by atoms with Crippen LogP contribution in [0.25, 0.3) is 0 Å². The summed E-state index contributed by atoms with van der Waals surface area (Å²) in [5, 5.41) is 4.09. The minimum absolute atomic E-state index is 0.447. The lowest BCUT2D eigenvalue weighted by Crippen LogP contribution is -2.28. The molecule has 1 N–H and O–H groups in total. The summed E-state index contributed by atoms with van der Waals surface area (Å²) in [5.41, 5.74) is 0. The van der Waals surface area contributed by atoms with Crippen molar-refractivity contribution in [2.75, 3.05) is 13.1 Å². The smallest absolute Gasteiger partial charge is 0.0339 e. The Labute approximate surface area is 138 Å². The molecular formula is C19H38ClN. The topological polar surface area (TPSA) is 12.0 Å². The Balaban J connectivity index is 1.74. The summed E-state index contributed by atoms with van der Waals surface area (Å²) in [6, 6.07) is 0. The zero-order chi connectivity index (χ0) is 15.2. The second kappa shape index (κ2) is 13.9. The summed E-state index contributed by atoms with van der Waals surface area (Å²) in [5.74, 6) is 0.837. The lowest BCUT2D eigenvalue weighted by atomic mass is 9.89. The van der Waals surface area contributed by atoms with Crippen molar-refractivity contribution in [2.24, 2.45) is 5.92 Å². The van der Waals surface area contributed by atoms with E-state index in [1.54, 1.807) is 0 Å². The number of halogens is 1. The molecule has 0 aromatic rings. The maximum atomic E-state index is 6.23. The van der Waals surface area contributed by atoms with Crippen molar-refractivity contribution in [3.05, 3.63) is 0 Å². The summed E-state index contributed by atoms with van der Waals surface area (Å²) in [7, 11) is 0. The van der Waals surface area contributed by atoms with Crippen molar-refractivity contribution in [3.8, 4) is 0 Å². The molecule has 0 aliphatic heterocycles. The first kappa shape index (κ1) is 19.3. The zero-order valence-electron chi connectivity index (χ0n) is 14.3. The van der Waals surface area contributed by atoms with Crippen LogP contribution in [0.1, 0.15) is 96.8 Å². The van der Waals surface area contributed by atoms with Gasteiger partial charge in [0.05, 0.1) is 0 Å². The van der Waals surface area contributed by atoms with Crippen LogP contribution in [-0.4, -0.2) is 18.5 Å². The second-order valence-corrected chi connectivity index (χ2v) is 7.63. The van der Waals surface area contributed by atoms with E-state index in [4.69, 9.17) is 11.6 Å². The Morgan fingerprint density at radius 3 is 2.10 bits per heavy atom. The highest BCUT2D eigenvalue weighted by atomic mass is 35.5. The van der Waals surface area contributed by atoms with Crippen molar-refractivity contribution in [1.82, 2.24) is 5.32 Å². The maximum absolute atomic E-state index is 6.23. The van der Waals surface area contributed by atoms with E-state index in [2.05, 4.69) is 12.2 Å². The molecule has 126 valence electrons. The van der Waals surface area contributed by atoms with Crippen molar-refractivity contribution in [2.45, 2.75) is 102 Å². The molecule has 0 heterocycles. The molecule has 0 aromatic carbocycles. The average molecular weight is 316 g/mol. The molecule has 1 nitrogen and oxygen atoms in total. The maximum Gasteiger partial charge on any atom is 0.0339 e. The van der Waals surface area contributed by atoms with Gasteiger partial charge in [-0.3, -0.25) is 0 Å². The van der Waals surface area contributed by atoms with Gasteiger partial charge in [-0.2, -0.15) is 0 Å². The van der Waals surface area contributed by atoms with Gasteiger partial charge in [-0.1, -0.05) is 71.1 Å². The molecule has 1 aliphatic rings. The second-order valence-electron chi connectivity index (χ2n) is 7.02. The molecule has 2 atom stereocenters. The van der Waals surface area contributed by atoms with Crippen molar-refractivity contribution in [1.29, 1.82) is 0 Å². The number of unbranched alkanes of at least 4 members (excludes halogenated alkanes) is 9. The zero-order valence-corrected chi connectivity index (χ0v) is 15.1. The number of alkyl halides is 1. The van der Waals surface area contributed by atoms with Crippen LogP contribution < -0.4 is 5.32 Å². The van der Waals surface area contributed by atoms with Gasteiger partial charge < -0.3 is 5.32 Å². The predicted octanol–water partition coefficient (Wildman–Crippen LogP) is 6.29. The quantitative estimate of drug-likeness (QED) is 0.311. The van der Waals surface area contributed by atoms with Gasteiger partial charge in [-0.25, -0.2) is 0 Å². The van der Waals surface area contributed by atoms with Crippen LogP contribution in [0, 0.1) is 5.92 Å². The van der Waals surface area contributed by atoms with Gasteiger partial charge in [-0.15, -0.1) is 11.6 Å². The van der Waals surface area contributed by atoms with E-state index >= 15 is 0 Å². The van der Waals surface area contributed by atoms with E-state index in [-0.39, 0.29) is 0 Å². The van der Waals surface area contributed by atoms with Gasteiger partial charge >= 0.3 is 0 Å². The number of nitrogens with one attached hydrogen (secondary N) is 1. The predicted molar refractivity (Wildman–Crippen MR) is 96.3 cm³/mol. The normalized spacial score (nSPS) is 22.6. The molecule has 1 fully saturated rings. The molecule has 0 aromatic heterocycles. The van der Waals surface area contributed by atoms with Crippen LogP contribution in [0.4, 0.5) is 0 Å². The fourth-order valence-corrected chi connectivity index (χ4v) is 3.86. The summed E-state index contributed by atoms with van der Waals surface area (Å²) in [6.07, 6.45) is 19.4. The molecule has 21 heavy (non-hydrogen) atoms. The van der Waals surface area contributed by atoms with Crippen LogP contribution in [-0.2, 0) is 0 Å². The number of hydrogen-bond acceptors (Lipinski definition) is 1. The average Bonchev–Trinajstić information content (AvgIpc) is 2.48. The largest absolute Gasteiger partial charge is 0.316 e. The minimum Gasteiger partial charge on any atom is -0.316 e. The van der Waals surface area contributed by atoms with Crippen molar-refractivity contribution < 1.29 is 0 Å².